The minimum atomic E-state index is -0.308. The monoisotopic (exact) mass is 396 g/mol. The van der Waals surface area contributed by atoms with Crippen molar-refractivity contribution in [2.24, 2.45) is 5.73 Å². The van der Waals surface area contributed by atoms with Gasteiger partial charge < -0.3 is 10.3 Å². The second kappa shape index (κ2) is 8.45. The van der Waals surface area contributed by atoms with E-state index < -0.39 is 0 Å². The number of primary amides is 1. The summed E-state index contributed by atoms with van der Waals surface area (Å²) in [6, 6.07) is 8.68. The number of hydrogen-bond donors (Lipinski definition) is 1. The lowest BCUT2D eigenvalue weighted by Gasteiger charge is -2.30. The zero-order chi connectivity index (χ0) is 19.5. The second-order valence-electron chi connectivity index (χ2n) is 7.58. The topological polar surface area (TPSA) is 64.2 Å². The summed E-state index contributed by atoms with van der Waals surface area (Å²) in [4.78, 5) is 20.0. The first kappa shape index (κ1) is 19.2. The minimum absolute atomic E-state index is 0.308. The largest absolute Gasteiger partial charge is 0.365 e. The molecule has 3 heterocycles. The molecule has 1 aliphatic rings. The third-order valence-electron chi connectivity index (χ3n) is 5.85. The molecule has 1 amide bonds. The number of carbonyl (C=O) groups excluding carboxylic acids is 1. The lowest BCUT2D eigenvalue weighted by atomic mass is 9.98. The van der Waals surface area contributed by atoms with Crippen LogP contribution in [0.2, 0.25) is 0 Å². The highest BCUT2D eigenvalue weighted by molar-refractivity contribution is 7.21. The van der Waals surface area contributed by atoms with Gasteiger partial charge in [-0.25, -0.2) is 4.98 Å². The maximum absolute atomic E-state index is 12.1. The molecule has 148 valence electrons. The van der Waals surface area contributed by atoms with Gasteiger partial charge in [-0.1, -0.05) is 31.0 Å². The minimum Gasteiger partial charge on any atom is -0.365 e. The molecule has 0 aliphatic carbocycles. The Balaban J connectivity index is 1.65. The molecular weight excluding hydrogens is 368 g/mol. The molecule has 28 heavy (non-hydrogen) atoms. The van der Waals surface area contributed by atoms with Gasteiger partial charge in [0, 0.05) is 29.7 Å². The third-order valence-corrected chi connectivity index (χ3v) is 7.08. The smallest absolute Gasteiger partial charge is 0.259 e. The molecule has 1 fully saturated rings. The number of benzene rings is 1. The van der Waals surface area contributed by atoms with Gasteiger partial charge in [0.05, 0.1) is 11.4 Å². The number of likely N-dealkylation sites (tertiary alicyclic amines) is 1. The lowest BCUT2D eigenvalue weighted by molar-refractivity contribution is 0.100. The molecule has 6 heteroatoms. The number of nitrogens with zero attached hydrogens (tertiary/aromatic N) is 3. The molecule has 3 aromatic rings. The van der Waals surface area contributed by atoms with E-state index in [0.29, 0.717) is 6.04 Å². The van der Waals surface area contributed by atoms with Gasteiger partial charge in [0.1, 0.15) is 5.82 Å². The molecule has 1 aromatic carbocycles. The number of aryl methyl sites for hydroxylation is 1. The lowest BCUT2D eigenvalue weighted by Crippen LogP contribution is -2.37. The van der Waals surface area contributed by atoms with E-state index in [1.807, 2.05) is 18.3 Å². The van der Waals surface area contributed by atoms with Crippen molar-refractivity contribution in [3.63, 3.8) is 0 Å². The van der Waals surface area contributed by atoms with Crippen molar-refractivity contribution in [3.8, 4) is 0 Å². The SMILES string of the molecule is CCn1ccnc1CN1CCCCCC1Cc1c(C(N)=O)sc2ccccc12. The zero-order valence-electron chi connectivity index (χ0n) is 16.4. The van der Waals surface area contributed by atoms with Gasteiger partial charge in [0.25, 0.3) is 5.91 Å². The van der Waals surface area contributed by atoms with Crippen LogP contribution in [0, 0.1) is 0 Å². The number of thiophene rings is 1. The van der Waals surface area contributed by atoms with Crippen LogP contribution in [0.1, 0.15) is 53.7 Å². The number of imidazole rings is 1. The highest BCUT2D eigenvalue weighted by Gasteiger charge is 2.26. The Morgan fingerprint density at radius 1 is 1.29 bits per heavy atom. The van der Waals surface area contributed by atoms with E-state index in [1.54, 1.807) is 0 Å². The Morgan fingerprint density at radius 2 is 2.14 bits per heavy atom. The molecule has 1 atom stereocenters. The Kier molecular flexibility index (Phi) is 5.78. The number of hydrogen-bond acceptors (Lipinski definition) is 4. The number of amides is 1. The summed E-state index contributed by atoms with van der Waals surface area (Å²) in [6.07, 6.45) is 9.68. The first-order valence-corrected chi connectivity index (χ1v) is 11.0. The van der Waals surface area contributed by atoms with Crippen LogP contribution in [0.4, 0.5) is 0 Å². The molecule has 1 saturated heterocycles. The molecule has 1 unspecified atom stereocenters. The van der Waals surface area contributed by atoms with Gasteiger partial charge >= 0.3 is 0 Å². The van der Waals surface area contributed by atoms with Gasteiger partial charge in [-0.15, -0.1) is 11.3 Å². The summed E-state index contributed by atoms with van der Waals surface area (Å²) in [5, 5.41) is 1.18. The van der Waals surface area contributed by atoms with Crippen LogP contribution in [0.3, 0.4) is 0 Å². The summed E-state index contributed by atoms with van der Waals surface area (Å²) in [5.41, 5.74) is 6.87. The molecule has 5 nitrogen and oxygen atoms in total. The van der Waals surface area contributed by atoms with Gasteiger partial charge in [0.2, 0.25) is 0 Å². The van der Waals surface area contributed by atoms with E-state index in [0.717, 1.165) is 53.4 Å². The maximum atomic E-state index is 12.1. The van der Waals surface area contributed by atoms with Crippen molar-refractivity contribution < 1.29 is 4.79 Å². The number of fused-ring (bicyclic) bond motifs is 1. The van der Waals surface area contributed by atoms with Crippen LogP contribution in [0.25, 0.3) is 10.1 Å². The van der Waals surface area contributed by atoms with Crippen molar-refractivity contribution in [2.45, 2.75) is 58.2 Å². The molecule has 0 radical (unpaired) electrons. The molecule has 2 N–H and O–H groups in total. The Bertz CT molecular complexity index is 961. The van der Waals surface area contributed by atoms with Crippen molar-refractivity contribution in [2.75, 3.05) is 6.54 Å². The average Bonchev–Trinajstić information content (AvgIpc) is 3.23. The van der Waals surface area contributed by atoms with Crippen LogP contribution < -0.4 is 5.73 Å². The van der Waals surface area contributed by atoms with E-state index >= 15 is 0 Å². The van der Waals surface area contributed by atoms with E-state index in [-0.39, 0.29) is 5.91 Å². The van der Waals surface area contributed by atoms with E-state index in [9.17, 15) is 4.79 Å². The Morgan fingerprint density at radius 3 is 2.96 bits per heavy atom. The summed E-state index contributed by atoms with van der Waals surface area (Å²) >= 11 is 1.53. The summed E-state index contributed by atoms with van der Waals surface area (Å²) in [7, 11) is 0. The normalized spacial score (nSPS) is 18.4. The van der Waals surface area contributed by atoms with Crippen molar-refractivity contribution >= 4 is 27.3 Å². The average molecular weight is 397 g/mol. The van der Waals surface area contributed by atoms with E-state index in [1.165, 1.54) is 36.0 Å². The molecule has 2 aromatic heterocycles. The zero-order valence-corrected chi connectivity index (χ0v) is 17.3. The predicted octanol–water partition coefficient (Wildman–Crippen LogP) is 4.20. The highest BCUT2D eigenvalue weighted by Crippen LogP contribution is 2.34. The maximum Gasteiger partial charge on any atom is 0.259 e. The number of aromatic nitrogens is 2. The van der Waals surface area contributed by atoms with Crippen LogP contribution >= 0.6 is 11.3 Å². The second-order valence-corrected chi connectivity index (χ2v) is 8.63. The third kappa shape index (κ3) is 3.84. The van der Waals surface area contributed by atoms with Gasteiger partial charge in [-0.2, -0.15) is 0 Å². The van der Waals surface area contributed by atoms with E-state index in [4.69, 9.17) is 5.73 Å². The molecule has 0 saturated carbocycles. The Hall–Kier alpha value is -2.18. The number of rotatable bonds is 6. The summed E-state index contributed by atoms with van der Waals surface area (Å²) < 4.78 is 3.37. The molecule has 0 bridgehead atoms. The highest BCUT2D eigenvalue weighted by atomic mass is 32.1. The van der Waals surface area contributed by atoms with Crippen molar-refractivity contribution in [1.29, 1.82) is 0 Å². The van der Waals surface area contributed by atoms with E-state index in [2.05, 4.69) is 39.7 Å². The first-order valence-electron chi connectivity index (χ1n) is 10.2. The van der Waals surface area contributed by atoms with Crippen molar-refractivity contribution in [3.05, 3.63) is 52.9 Å². The molecule has 0 spiro atoms. The van der Waals surface area contributed by atoms with Crippen LogP contribution in [0.15, 0.2) is 36.7 Å². The standard InChI is InChI=1S/C22H28N4OS/c1-2-25-13-11-24-20(25)15-26-12-7-3-4-8-16(26)14-18-17-9-5-6-10-19(17)28-21(18)22(23)27/h5-6,9-11,13,16H,2-4,7-8,12,14-15H2,1H3,(H2,23,27). The predicted molar refractivity (Wildman–Crippen MR) is 115 cm³/mol. The number of carbonyl (C=O) groups is 1. The van der Waals surface area contributed by atoms with Crippen LogP contribution in [-0.2, 0) is 19.5 Å². The Labute approximate surface area is 170 Å². The fraction of sp³-hybridized carbons (Fsp3) is 0.455. The first-order chi connectivity index (χ1) is 13.7. The molecular formula is C22H28N4OS. The fourth-order valence-corrected chi connectivity index (χ4v) is 5.46. The quantitative estimate of drug-likeness (QED) is 0.679. The summed E-state index contributed by atoms with van der Waals surface area (Å²) in [6.45, 7) is 5.03. The van der Waals surface area contributed by atoms with Crippen molar-refractivity contribution in [1.82, 2.24) is 14.5 Å². The summed E-state index contributed by atoms with van der Waals surface area (Å²) in [5.74, 6) is 0.817. The number of nitrogens with two attached hydrogens (primary N) is 1. The van der Waals surface area contributed by atoms with Crippen LogP contribution in [0.5, 0.6) is 0 Å². The van der Waals surface area contributed by atoms with Gasteiger partial charge in [-0.3, -0.25) is 9.69 Å². The molecule has 1 aliphatic heterocycles. The van der Waals surface area contributed by atoms with Gasteiger partial charge in [0.15, 0.2) is 0 Å². The molecule has 4 rings (SSSR count). The van der Waals surface area contributed by atoms with Crippen LogP contribution in [-0.4, -0.2) is 32.9 Å². The van der Waals surface area contributed by atoms with Gasteiger partial charge in [-0.05, 0) is 49.7 Å². The fourth-order valence-electron chi connectivity index (χ4n) is 4.37.